The van der Waals surface area contributed by atoms with Gasteiger partial charge in [-0.1, -0.05) is 18.2 Å². The molecule has 17 heavy (non-hydrogen) atoms. The molecule has 94 valence electrons. The third-order valence-electron chi connectivity index (χ3n) is 2.00. The molecule has 0 aliphatic rings. The summed E-state index contributed by atoms with van der Waals surface area (Å²) in [5, 5.41) is 9.31. The molecule has 0 saturated carbocycles. The normalized spacial score (nSPS) is 13.9. The van der Waals surface area contributed by atoms with Crippen molar-refractivity contribution in [1.82, 2.24) is 0 Å². The molecule has 1 N–H and O–H groups in total. The zero-order chi connectivity index (χ0) is 12.9. The Morgan fingerprint density at radius 2 is 2.12 bits per heavy atom. The van der Waals surface area contributed by atoms with Gasteiger partial charge in [-0.15, -0.1) is 0 Å². The van der Waals surface area contributed by atoms with Gasteiger partial charge in [0.1, 0.15) is 18.5 Å². The van der Waals surface area contributed by atoms with E-state index >= 15 is 0 Å². The SMILES string of the molecule is C/C=C/[C@@H](O)COc1cccc(C(F)(F)F)c1. The number of hydrogen-bond acceptors (Lipinski definition) is 2. The first-order chi connectivity index (χ1) is 7.93. The lowest BCUT2D eigenvalue weighted by Crippen LogP contribution is -2.15. The second-order valence-corrected chi connectivity index (χ2v) is 3.43. The minimum absolute atomic E-state index is 0.0777. The van der Waals surface area contributed by atoms with E-state index in [4.69, 9.17) is 4.74 Å². The second-order valence-electron chi connectivity index (χ2n) is 3.43. The lowest BCUT2D eigenvalue weighted by molar-refractivity contribution is -0.137. The summed E-state index contributed by atoms with van der Waals surface area (Å²) in [5.41, 5.74) is -0.768. The fraction of sp³-hybridized carbons (Fsp3) is 0.333. The fourth-order valence-corrected chi connectivity index (χ4v) is 1.22. The third-order valence-corrected chi connectivity index (χ3v) is 2.00. The zero-order valence-electron chi connectivity index (χ0n) is 9.24. The van der Waals surface area contributed by atoms with Crippen LogP contribution in [-0.2, 0) is 6.18 Å². The molecule has 0 spiro atoms. The highest BCUT2D eigenvalue weighted by molar-refractivity contribution is 5.30. The molecule has 1 atom stereocenters. The third kappa shape index (κ3) is 4.48. The van der Waals surface area contributed by atoms with Gasteiger partial charge in [-0.2, -0.15) is 13.2 Å². The van der Waals surface area contributed by atoms with E-state index in [1.807, 2.05) is 0 Å². The van der Waals surface area contributed by atoms with Crippen LogP contribution in [0.5, 0.6) is 5.75 Å². The van der Waals surface area contributed by atoms with E-state index in [0.717, 1.165) is 12.1 Å². The smallest absolute Gasteiger partial charge is 0.416 e. The molecule has 2 nitrogen and oxygen atoms in total. The van der Waals surface area contributed by atoms with Crippen LogP contribution in [0, 0.1) is 0 Å². The second kappa shape index (κ2) is 5.72. The van der Waals surface area contributed by atoms with Gasteiger partial charge in [0, 0.05) is 0 Å². The van der Waals surface area contributed by atoms with Gasteiger partial charge in [-0.3, -0.25) is 0 Å². The largest absolute Gasteiger partial charge is 0.491 e. The number of benzene rings is 1. The summed E-state index contributed by atoms with van der Waals surface area (Å²) in [6, 6.07) is 4.55. The van der Waals surface area contributed by atoms with E-state index in [1.165, 1.54) is 18.2 Å². The lowest BCUT2D eigenvalue weighted by Gasteiger charge is -2.11. The molecule has 0 unspecified atom stereocenters. The summed E-state index contributed by atoms with van der Waals surface area (Å²) in [6.07, 6.45) is -2.08. The topological polar surface area (TPSA) is 29.5 Å². The first kappa shape index (κ1) is 13.6. The highest BCUT2D eigenvalue weighted by atomic mass is 19.4. The monoisotopic (exact) mass is 246 g/mol. The number of allylic oxidation sites excluding steroid dienone is 1. The lowest BCUT2D eigenvalue weighted by atomic mass is 10.2. The van der Waals surface area contributed by atoms with E-state index in [9.17, 15) is 18.3 Å². The first-order valence-electron chi connectivity index (χ1n) is 5.04. The molecule has 0 amide bonds. The van der Waals surface area contributed by atoms with Crippen LogP contribution >= 0.6 is 0 Å². The molecule has 0 fully saturated rings. The summed E-state index contributed by atoms with van der Waals surface area (Å²) in [7, 11) is 0. The van der Waals surface area contributed by atoms with E-state index in [2.05, 4.69) is 0 Å². The maximum absolute atomic E-state index is 12.4. The van der Waals surface area contributed by atoms with E-state index in [-0.39, 0.29) is 12.4 Å². The molecule has 1 rings (SSSR count). The number of alkyl halides is 3. The number of halogens is 3. The molecule has 5 heteroatoms. The van der Waals surface area contributed by atoms with Crippen LogP contribution in [0.4, 0.5) is 13.2 Å². The number of rotatable bonds is 4. The molecule has 0 radical (unpaired) electrons. The van der Waals surface area contributed by atoms with Gasteiger partial charge in [-0.25, -0.2) is 0 Å². The van der Waals surface area contributed by atoms with Gasteiger partial charge in [0.05, 0.1) is 5.56 Å². The predicted octanol–water partition coefficient (Wildman–Crippen LogP) is 3.02. The number of aliphatic hydroxyl groups is 1. The van der Waals surface area contributed by atoms with Gasteiger partial charge < -0.3 is 9.84 Å². The molecule has 0 heterocycles. The Morgan fingerprint density at radius 1 is 1.41 bits per heavy atom. The van der Waals surface area contributed by atoms with E-state index in [0.29, 0.717) is 0 Å². The zero-order valence-corrected chi connectivity index (χ0v) is 9.24. The van der Waals surface area contributed by atoms with Gasteiger partial charge >= 0.3 is 6.18 Å². The maximum Gasteiger partial charge on any atom is 0.416 e. The molecule has 1 aromatic carbocycles. The van der Waals surface area contributed by atoms with Crippen molar-refractivity contribution in [2.45, 2.75) is 19.2 Å². The Hall–Kier alpha value is -1.49. The van der Waals surface area contributed by atoms with Crippen molar-refractivity contribution in [2.75, 3.05) is 6.61 Å². The molecular weight excluding hydrogens is 233 g/mol. The minimum atomic E-state index is -4.39. The summed E-state index contributed by atoms with van der Waals surface area (Å²) in [4.78, 5) is 0. The Kier molecular flexibility index (Phi) is 4.57. The minimum Gasteiger partial charge on any atom is -0.491 e. The van der Waals surface area contributed by atoms with Crippen molar-refractivity contribution < 1.29 is 23.0 Å². The van der Waals surface area contributed by atoms with Crippen molar-refractivity contribution in [2.24, 2.45) is 0 Å². The Balaban J connectivity index is 2.67. The molecule has 0 bridgehead atoms. The van der Waals surface area contributed by atoms with Crippen LogP contribution in [0.2, 0.25) is 0 Å². The van der Waals surface area contributed by atoms with Crippen LogP contribution in [0.1, 0.15) is 12.5 Å². The average Bonchev–Trinajstić information content (AvgIpc) is 2.26. The van der Waals surface area contributed by atoms with Gasteiger partial charge in [0.25, 0.3) is 0 Å². The number of hydrogen-bond donors (Lipinski definition) is 1. The van der Waals surface area contributed by atoms with E-state index in [1.54, 1.807) is 13.0 Å². The summed E-state index contributed by atoms with van der Waals surface area (Å²) in [6.45, 7) is 1.65. The molecule has 0 saturated heterocycles. The van der Waals surface area contributed by atoms with Crippen LogP contribution < -0.4 is 4.74 Å². The molecular formula is C12H13F3O2. The van der Waals surface area contributed by atoms with Crippen LogP contribution in [0.3, 0.4) is 0 Å². The van der Waals surface area contributed by atoms with Gasteiger partial charge in [0.15, 0.2) is 0 Å². The molecule has 0 aromatic heterocycles. The van der Waals surface area contributed by atoms with Crippen LogP contribution in [-0.4, -0.2) is 17.8 Å². The van der Waals surface area contributed by atoms with Crippen LogP contribution in [0.25, 0.3) is 0 Å². The highest BCUT2D eigenvalue weighted by Crippen LogP contribution is 2.31. The van der Waals surface area contributed by atoms with Gasteiger partial charge in [-0.05, 0) is 25.1 Å². The number of ether oxygens (including phenoxy) is 1. The summed E-state index contributed by atoms with van der Waals surface area (Å²) in [5.74, 6) is 0.0865. The molecule has 1 aromatic rings. The van der Waals surface area contributed by atoms with Crippen molar-refractivity contribution in [1.29, 1.82) is 0 Å². The van der Waals surface area contributed by atoms with E-state index < -0.39 is 17.8 Å². The average molecular weight is 246 g/mol. The van der Waals surface area contributed by atoms with Gasteiger partial charge in [0.2, 0.25) is 0 Å². The number of aliphatic hydroxyl groups excluding tert-OH is 1. The first-order valence-corrected chi connectivity index (χ1v) is 5.04. The standard InChI is InChI=1S/C12H13F3O2/c1-2-4-10(16)8-17-11-6-3-5-9(7-11)12(13,14)15/h2-7,10,16H,8H2,1H3/b4-2+/t10-/m1/s1. The summed E-state index contributed by atoms with van der Waals surface area (Å²) >= 11 is 0. The Morgan fingerprint density at radius 3 is 2.71 bits per heavy atom. The molecule has 0 aliphatic carbocycles. The Bertz CT molecular complexity index is 386. The van der Waals surface area contributed by atoms with Crippen LogP contribution in [0.15, 0.2) is 36.4 Å². The quantitative estimate of drug-likeness (QED) is 0.827. The van der Waals surface area contributed by atoms with Crippen molar-refractivity contribution in [3.8, 4) is 5.75 Å². The molecule has 0 aliphatic heterocycles. The summed E-state index contributed by atoms with van der Waals surface area (Å²) < 4.78 is 42.2. The van der Waals surface area contributed by atoms with Crippen molar-refractivity contribution >= 4 is 0 Å². The van der Waals surface area contributed by atoms with Crippen molar-refractivity contribution in [3.63, 3.8) is 0 Å². The van der Waals surface area contributed by atoms with Crippen molar-refractivity contribution in [3.05, 3.63) is 42.0 Å². The highest BCUT2D eigenvalue weighted by Gasteiger charge is 2.30. The maximum atomic E-state index is 12.4. The predicted molar refractivity (Wildman–Crippen MR) is 57.8 cm³/mol. The Labute approximate surface area is 97.3 Å². The fourth-order valence-electron chi connectivity index (χ4n) is 1.22.